The molecule has 0 amide bonds. The lowest BCUT2D eigenvalue weighted by Gasteiger charge is -2.42. The first-order valence-electron chi connectivity index (χ1n) is 7.18. The lowest BCUT2D eigenvalue weighted by Crippen LogP contribution is -2.43. The van der Waals surface area contributed by atoms with Crippen molar-refractivity contribution in [3.8, 4) is 5.75 Å². The molecule has 2 rings (SSSR count). The summed E-state index contributed by atoms with van der Waals surface area (Å²) in [5.74, 6) is 1.09. The van der Waals surface area contributed by atoms with E-state index in [4.69, 9.17) is 4.74 Å². The second-order valence-electron chi connectivity index (χ2n) is 5.98. The topological polar surface area (TPSA) is 32.7 Å². The second-order valence-corrected chi connectivity index (χ2v) is 6.83. The van der Waals surface area contributed by atoms with Gasteiger partial charge < -0.3 is 14.7 Å². The molecule has 0 bridgehead atoms. The number of hydrogen-bond donors (Lipinski definition) is 1. The smallest absolute Gasteiger partial charge is 0.133 e. The summed E-state index contributed by atoms with van der Waals surface area (Å²) in [7, 11) is 5.79. The highest BCUT2D eigenvalue weighted by Crippen LogP contribution is 2.43. The summed E-state index contributed by atoms with van der Waals surface area (Å²) >= 11 is 3.52. The summed E-state index contributed by atoms with van der Waals surface area (Å²) in [5.41, 5.74) is 0.272. The summed E-state index contributed by atoms with van der Waals surface area (Å²) in [5, 5.41) is 11.3. The van der Waals surface area contributed by atoms with Crippen molar-refractivity contribution in [2.24, 2.45) is 5.92 Å². The Hall–Kier alpha value is -0.580. The Balaban J connectivity index is 2.32. The van der Waals surface area contributed by atoms with Crippen molar-refractivity contribution >= 4 is 15.9 Å². The lowest BCUT2D eigenvalue weighted by molar-refractivity contribution is -0.0619. The molecule has 0 unspecified atom stereocenters. The molecule has 3 nitrogen and oxygen atoms in total. The molecule has 1 aliphatic rings. The van der Waals surface area contributed by atoms with Crippen molar-refractivity contribution < 1.29 is 9.84 Å². The van der Waals surface area contributed by atoms with E-state index in [0.29, 0.717) is 0 Å². The second kappa shape index (κ2) is 6.46. The maximum absolute atomic E-state index is 11.3. The number of aliphatic hydroxyl groups is 1. The van der Waals surface area contributed by atoms with Crippen LogP contribution in [0.2, 0.25) is 0 Å². The normalized spacial score (nSPS) is 26.8. The van der Waals surface area contributed by atoms with Gasteiger partial charge in [-0.25, -0.2) is 0 Å². The molecule has 0 aliphatic heterocycles. The number of rotatable bonds is 4. The van der Waals surface area contributed by atoms with Gasteiger partial charge in [0.1, 0.15) is 5.75 Å². The Morgan fingerprint density at radius 2 is 2.15 bits per heavy atom. The molecular formula is C16H24BrNO2. The zero-order valence-corrected chi connectivity index (χ0v) is 14.1. The lowest BCUT2D eigenvalue weighted by atomic mass is 9.71. The van der Waals surface area contributed by atoms with Crippen LogP contribution in [0.5, 0.6) is 5.75 Å². The van der Waals surface area contributed by atoms with Crippen LogP contribution in [0.25, 0.3) is 0 Å². The minimum absolute atomic E-state index is 0.284. The van der Waals surface area contributed by atoms with E-state index in [1.54, 1.807) is 7.11 Å². The molecule has 1 fully saturated rings. The molecule has 1 aliphatic carbocycles. The highest BCUT2D eigenvalue weighted by atomic mass is 79.9. The average Bonchev–Trinajstić information content (AvgIpc) is 2.41. The number of methoxy groups -OCH3 is 1. The molecule has 0 saturated heterocycles. The minimum Gasteiger partial charge on any atom is -0.496 e. The molecule has 1 saturated carbocycles. The third-order valence-corrected chi connectivity index (χ3v) is 4.89. The van der Waals surface area contributed by atoms with Crippen molar-refractivity contribution in [1.82, 2.24) is 4.90 Å². The van der Waals surface area contributed by atoms with Gasteiger partial charge >= 0.3 is 0 Å². The zero-order valence-electron chi connectivity index (χ0n) is 12.5. The molecule has 0 aromatic heterocycles. The molecule has 0 heterocycles. The fraction of sp³-hybridized carbons (Fsp3) is 0.625. The molecule has 0 radical (unpaired) electrons. The number of nitrogens with zero attached hydrogens (tertiary/aromatic N) is 1. The van der Waals surface area contributed by atoms with Crippen LogP contribution in [0.1, 0.15) is 31.2 Å². The maximum atomic E-state index is 11.3. The zero-order chi connectivity index (χ0) is 14.8. The predicted octanol–water partition coefficient (Wildman–Crippen LogP) is 3.40. The van der Waals surface area contributed by atoms with E-state index in [0.717, 1.165) is 41.6 Å². The van der Waals surface area contributed by atoms with Gasteiger partial charge in [-0.3, -0.25) is 0 Å². The number of hydrogen-bond acceptors (Lipinski definition) is 3. The van der Waals surface area contributed by atoms with Crippen molar-refractivity contribution in [2.45, 2.75) is 31.3 Å². The van der Waals surface area contributed by atoms with Crippen LogP contribution in [0.3, 0.4) is 0 Å². The van der Waals surface area contributed by atoms with E-state index in [9.17, 15) is 5.11 Å². The first kappa shape index (κ1) is 15.8. The van der Waals surface area contributed by atoms with Gasteiger partial charge in [-0.2, -0.15) is 0 Å². The summed E-state index contributed by atoms with van der Waals surface area (Å²) in [6, 6.07) is 5.93. The molecule has 1 N–H and O–H groups in total. The van der Waals surface area contributed by atoms with E-state index >= 15 is 0 Å². The highest BCUT2D eigenvalue weighted by molar-refractivity contribution is 9.10. The van der Waals surface area contributed by atoms with Crippen LogP contribution in [0, 0.1) is 5.92 Å². The van der Waals surface area contributed by atoms with E-state index < -0.39 is 5.60 Å². The number of halogens is 1. The van der Waals surface area contributed by atoms with Crippen LogP contribution in [0.15, 0.2) is 22.7 Å². The third kappa shape index (κ3) is 3.18. The van der Waals surface area contributed by atoms with Crippen LogP contribution in [-0.4, -0.2) is 37.8 Å². The van der Waals surface area contributed by atoms with E-state index in [1.807, 2.05) is 18.2 Å². The number of ether oxygens (including phenoxy) is 1. The highest BCUT2D eigenvalue weighted by Gasteiger charge is 2.40. The van der Waals surface area contributed by atoms with Crippen molar-refractivity contribution in [3.05, 3.63) is 28.2 Å². The van der Waals surface area contributed by atoms with Gasteiger partial charge in [0.2, 0.25) is 0 Å². The first-order chi connectivity index (χ1) is 9.47. The summed E-state index contributed by atoms with van der Waals surface area (Å²) < 4.78 is 6.18. The van der Waals surface area contributed by atoms with E-state index in [-0.39, 0.29) is 5.92 Å². The summed E-state index contributed by atoms with van der Waals surface area (Å²) in [6.07, 6.45) is 4.21. The van der Waals surface area contributed by atoms with Gasteiger partial charge in [-0.1, -0.05) is 18.9 Å². The molecule has 1 aromatic rings. The van der Waals surface area contributed by atoms with Gasteiger partial charge in [0.05, 0.1) is 17.2 Å². The van der Waals surface area contributed by atoms with E-state index in [2.05, 4.69) is 34.9 Å². The molecule has 0 spiro atoms. The van der Waals surface area contributed by atoms with Crippen LogP contribution < -0.4 is 4.74 Å². The molecule has 20 heavy (non-hydrogen) atoms. The van der Waals surface area contributed by atoms with Crippen LogP contribution in [-0.2, 0) is 5.60 Å². The molecule has 2 atom stereocenters. The largest absolute Gasteiger partial charge is 0.496 e. The van der Waals surface area contributed by atoms with Gasteiger partial charge in [-0.15, -0.1) is 0 Å². The SMILES string of the molecule is COc1ccc([C@@]2(O)CCCC[C@@H]2CN(C)C)cc1Br. The fourth-order valence-electron chi connectivity index (χ4n) is 3.23. The fourth-order valence-corrected chi connectivity index (χ4v) is 3.77. The summed E-state index contributed by atoms with van der Waals surface area (Å²) in [6.45, 7) is 0.917. The first-order valence-corrected chi connectivity index (χ1v) is 7.98. The quantitative estimate of drug-likeness (QED) is 0.910. The monoisotopic (exact) mass is 341 g/mol. The molecule has 1 aromatic carbocycles. The minimum atomic E-state index is -0.725. The summed E-state index contributed by atoms with van der Waals surface area (Å²) in [4.78, 5) is 2.17. The van der Waals surface area contributed by atoms with Crippen LogP contribution >= 0.6 is 15.9 Å². The van der Waals surface area contributed by atoms with Crippen molar-refractivity contribution in [1.29, 1.82) is 0 Å². The van der Waals surface area contributed by atoms with E-state index in [1.165, 1.54) is 6.42 Å². The van der Waals surface area contributed by atoms with Gasteiger partial charge in [-0.05, 0) is 60.6 Å². The Labute approximate surface area is 130 Å². The van der Waals surface area contributed by atoms with Crippen molar-refractivity contribution in [2.75, 3.05) is 27.7 Å². The van der Waals surface area contributed by atoms with Gasteiger partial charge in [0.25, 0.3) is 0 Å². The Bertz CT molecular complexity index is 464. The van der Waals surface area contributed by atoms with Gasteiger partial charge in [0.15, 0.2) is 0 Å². The number of benzene rings is 1. The Kier molecular flexibility index (Phi) is 5.10. The molecule has 112 valence electrons. The van der Waals surface area contributed by atoms with Gasteiger partial charge in [0, 0.05) is 12.5 Å². The average molecular weight is 342 g/mol. The maximum Gasteiger partial charge on any atom is 0.133 e. The standard InChI is InChI=1S/C16H24BrNO2/c1-18(2)11-13-6-4-5-9-16(13,19)12-7-8-15(20-3)14(17)10-12/h7-8,10,13,19H,4-6,9,11H2,1-3H3/t13-,16+/m1/s1. The Morgan fingerprint density at radius 3 is 2.75 bits per heavy atom. The van der Waals surface area contributed by atoms with Crippen molar-refractivity contribution in [3.63, 3.8) is 0 Å². The predicted molar refractivity (Wildman–Crippen MR) is 85.1 cm³/mol. The van der Waals surface area contributed by atoms with Crippen LogP contribution in [0.4, 0.5) is 0 Å². The molecular weight excluding hydrogens is 318 g/mol. The third-order valence-electron chi connectivity index (χ3n) is 4.27. The Morgan fingerprint density at radius 1 is 1.40 bits per heavy atom. The molecule has 4 heteroatoms.